The third-order valence-corrected chi connectivity index (χ3v) is 2.76. The molecule has 0 aromatic heterocycles. The molecule has 0 fully saturated rings. The van der Waals surface area contributed by atoms with Crippen LogP contribution in [0.15, 0.2) is 42.5 Å². The third-order valence-electron chi connectivity index (χ3n) is 2.44. The molecule has 0 spiro atoms. The van der Waals surface area contributed by atoms with E-state index in [1.165, 1.54) is 10.8 Å². The summed E-state index contributed by atoms with van der Waals surface area (Å²) in [5.74, 6) is 0.895. The maximum Gasteiger partial charge on any atom is 0.120 e. The molecule has 0 heterocycles. The number of alkyl halides is 1. The maximum atomic E-state index is 5.62. The average Bonchev–Trinajstić information content (AvgIpc) is 2.38. The number of rotatable bonds is 6. The van der Waals surface area contributed by atoms with Crippen molar-refractivity contribution in [1.29, 1.82) is 0 Å². The number of hydrogen-bond donors (Lipinski definition) is 0. The summed E-state index contributed by atoms with van der Waals surface area (Å²) in [6.07, 6.45) is 0. The van der Waals surface area contributed by atoms with Gasteiger partial charge in [0.2, 0.25) is 0 Å². The molecule has 0 saturated carbocycles. The van der Waals surface area contributed by atoms with Gasteiger partial charge in [-0.05, 0) is 22.9 Å². The van der Waals surface area contributed by atoms with Gasteiger partial charge in [-0.1, -0.05) is 46.3 Å². The molecular weight excluding hydrogens is 280 g/mol. The molecule has 2 aromatic rings. The van der Waals surface area contributed by atoms with Crippen molar-refractivity contribution in [2.45, 2.75) is 0 Å². The van der Waals surface area contributed by atoms with Crippen molar-refractivity contribution < 1.29 is 9.47 Å². The molecule has 2 rings (SSSR count). The first-order chi connectivity index (χ1) is 8.40. The number of ether oxygens (including phenoxy) is 2. The summed E-state index contributed by atoms with van der Waals surface area (Å²) >= 11 is 3.31. The van der Waals surface area contributed by atoms with Crippen LogP contribution >= 0.6 is 15.9 Å². The monoisotopic (exact) mass is 294 g/mol. The van der Waals surface area contributed by atoms with Gasteiger partial charge in [0.15, 0.2) is 0 Å². The Bertz CT molecular complexity index is 470. The van der Waals surface area contributed by atoms with E-state index in [9.17, 15) is 0 Å². The molecule has 2 aromatic carbocycles. The van der Waals surface area contributed by atoms with Crippen LogP contribution in [-0.4, -0.2) is 25.2 Å². The average molecular weight is 295 g/mol. The van der Waals surface area contributed by atoms with Crippen molar-refractivity contribution in [3.8, 4) is 5.75 Å². The van der Waals surface area contributed by atoms with Gasteiger partial charge in [0.05, 0.1) is 13.2 Å². The molecule has 0 aliphatic heterocycles. The van der Waals surface area contributed by atoms with Crippen LogP contribution in [0.2, 0.25) is 0 Å². The highest BCUT2D eigenvalue weighted by molar-refractivity contribution is 9.09. The van der Waals surface area contributed by atoms with E-state index in [1.807, 2.05) is 18.2 Å². The van der Waals surface area contributed by atoms with E-state index in [0.717, 1.165) is 17.7 Å². The Hall–Kier alpha value is -1.06. The summed E-state index contributed by atoms with van der Waals surface area (Å²) in [5.41, 5.74) is 0. The van der Waals surface area contributed by atoms with Gasteiger partial charge in [-0.2, -0.15) is 0 Å². The summed E-state index contributed by atoms with van der Waals surface area (Å²) in [7, 11) is 0. The second-order valence-electron chi connectivity index (χ2n) is 3.66. The zero-order valence-corrected chi connectivity index (χ0v) is 11.2. The van der Waals surface area contributed by atoms with Crippen LogP contribution in [0.3, 0.4) is 0 Å². The topological polar surface area (TPSA) is 18.5 Å². The van der Waals surface area contributed by atoms with Crippen molar-refractivity contribution in [1.82, 2.24) is 0 Å². The summed E-state index contributed by atoms with van der Waals surface area (Å²) in [6.45, 7) is 1.94. The van der Waals surface area contributed by atoms with E-state index < -0.39 is 0 Å². The lowest BCUT2D eigenvalue weighted by atomic mass is 10.1. The first-order valence-electron chi connectivity index (χ1n) is 5.65. The van der Waals surface area contributed by atoms with E-state index in [4.69, 9.17) is 9.47 Å². The van der Waals surface area contributed by atoms with Crippen LogP contribution in [0.1, 0.15) is 0 Å². The minimum Gasteiger partial charge on any atom is -0.491 e. The lowest BCUT2D eigenvalue weighted by Crippen LogP contribution is -2.07. The number of fused-ring (bicyclic) bond motifs is 1. The molecule has 3 heteroatoms. The minimum absolute atomic E-state index is 0.589. The molecule has 0 aliphatic carbocycles. The second kappa shape index (κ2) is 6.62. The SMILES string of the molecule is BrCCOCCOc1ccc2ccccc2c1. The van der Waals surface area contributed by atoms with Crippen molar-refractivity contribution in [2.75, 3.05) is 25.2 Å². The smallest absolute Gasteiger partial charge is 0.120 e. The molecule has 90 valence electrons. The van der Waals surface area contributed by atoms with Gasteiger partial charge in [0, 0.05) is 5.33 Å². The van der Waals surface area contributed by atoms with Crippen molar-refractivity contribution in [2.24, 2.45) is 0 Å². The van der Waals surface area contributed by atoms with Crippen LogP contribution in [-0.2, 0) is 4.74 Å². The summed E-state index contributed by atoms with van der Waals surface area (Å²) < 4.78 is 10.9. The highest BCUT2D eigenvalue weighted by Crippen LogP contribution is 2.20. The fraction of sp³-hybridized carbons (Fsp3) is 0.286. The highest BCUT2D eigenvalue weighted by Gasteiger charge is 1.96. The molecule has 17 heavy (non-hydrogen) atoms. The summed E-state index contributed by atoms with van der Waals surface area (Å²) in [5, 5.41) is 3.30. The first kappa shape index (κ1) is 12.4. The molecular formula is C14H15BrO2. The fourth-order valence-corrected chi connectivity index (χ4v) is 1.86. The Morgan fingerprint density at radius 1 is 0.882 bits per heavy atom. The summed E-state index contributed by atoms with van der Waals surface area (Å²) in [4.78, 5) is 0. The van der Waals surface area contributed by atoms with E-state index in [-0.39, 0.29) is 0 Å². The summed E-state index contributed by atoms with van der Waals surface area (Å²) in [6, 6.07) is 14.4. The van der Waals surface area contributed by atoms with Crippen LogP contribution < -0.4 is 4.74 Å². The standard InChI is InChI=1S/C14H15BrO2/c15-7-8-16-9-10-17-14-6-5-12-3-1-2-4-13(12)11-14/h1-6,11H,7-10H2. The van der Waals surface area contributed by atoms with Crippen LogP contribution in [0.4, 0.5) is 0 Å². The normalized spacial score (nSPS) is 10.6. The number of benzene rings is 2. The van der Waals surface area contributed by atoms with Crippen LogP contribution in [0.25, 0.3) is 10.8 Å². The molecule has 0 aliphatic rings. The zero-order chi connectivity index (χ0) is 11.9. The molecule has 0 N–H and O–H groups in total. The van der Waals surface area contributed by atoms with E-state index in [2.05, 4.69) is 40.2 Å². The van der Waals surface area contributed by atoms with Gasteiger partial charge < -0.3 is 9.47 Å². The molecule has 2 nitrogen and oxygen atoms in total. The van der Waals surface area contributed by atoms with E-state index in [1.54, 1.807) is 0 Å². The molecule has 0 radical (unpaired) electrons. The third kappa shape index (κ3) is 3.72. The lowest BCUT2D eigenvalue weighted by molar-refractivity contribution is 0.112. The highest BCUT2D eigenvalue weighted by atomic mass is 79.9. The predicted molar refractivity (Wildman–Crippen MR) is 74.1 cm³/mol. The number of halogens is 1. The molecule has 0 atom stereocenters. The van der Waals surface area contributed by atoms with Gasteiger partial charge >= 0.3 is 0 Å². The Morgan fingerprint density at radius 3 is 2.53 bits per heavy atom. The van der Waals surface area contributed by atoms with Gasteiger partial charge in [-0.25, -0.2) is 0 Å². The fourth-order valence-electron chi connectivity index (χ4n) is 1.63. The van der Waals surface area contributed by atoms with Crippen molar-refractivity contribution >= 4 is 26.7 Å². The van der Waals surface area contributed by atoms with Crippen LogP contribution in [0.5, 0.6) is 5.75 Å². The Balaban J connectivity index is 1.90. The van der Waals surface area contributed by atoms with Crippen LogP contribution in [0, 0.1) is 0 Å². The van der Waals surface area contributed by atoms with Gasteiger partial charge in [-0.3, -0.25) is 0 Å². The molecule has 0 saturated heterocycles. The number of hydrogen-bond acceptors (Lipinski definition) is 2. The Labute approximate surface area is 110 Å². The van der Waals surface area contributed by atoms with Gasteiger partial charge in [0.25, 0.3) is 0 Å². The lowest BCUT2D eigenvalue weighted by Gasteiger charge is -2.07. The second-order valence-corrected chi connectivity index (χ2v) is 4.45. The Morgan fingerprint density at radius 2 is 1.71 bits per heavy atom. The van der Waals surface area contributed by atoms with E-state index >= 15 is 0 Å². The first-order valence-corrected chi connectivity index (χ1v) is 6.77. The van der Waals surface area contributed by atoms with Gasteiger partial charge in [-0.15, -0.1) is 0 Å². The van der Waals surface area contributed by atoms with Gasteiger partial charge in [0.1, 0.15) is 12.4 Å². The molecule has 0 amide bonds. The Kier molecular flexibility index (Phi) is 4.83. The van der Waals surface area contributed by atoms with E-state index in [0.29, 0.717) is 13.2 Å². The van der Waals surface area contributed by atoms with Crippen molar-refractivity contribution in [3.63, 3.8) is 0 Å². The largest absolute Gasteiger partial charge is 0.491 e. The maximum absolute atomic E-state index is 5.62. The van der Waals surface area contributed by atoms with Crippen molar-refractivity contribution in [3.05, 3.63) is 42.5 Å². The quantitative estimate of drug-likeness (QED) is 0.598. The predicted octanol–water partition coefficient (Wildman–Crippen LogP) is 3.63. The molecule has 0 unspecified atom stereocenters. The minimum atomic E-state index is 0.589. The molecule has 0 bridgehead atoms. The zero-order valence-electron chi connectivity index (χ0n) is 9.56.